The monoisotopic (exact) mass is 607 g/mol. The van der Waals surface area contributed by atoms with E-state index in [-0.39, 0.29) is 24.2 Å². The lowest BCUT2D eigenvalue weighted by molar-refractivity contribution is -0.139. The molecule has 38 heavy (non-hydrogen) atoms. The van der Waals surface area contributed by atoms with Crippen LogP contribution in [0.2, 0.25) is 0 Å². The maximum atomic E-state index is 13.8. The van der Waals surface area contributed by atoms with Gasteiger partial charge in [0.2, 0.25) is 21.8 Å². The Morgan fingerprint density at radius 1 is 1.05 bits per heavy atom. The summed E-state index contributed by atoms with van der Waals surface area (Å²) in [5.41, 5.74) is 1.13. The predicted molar refractivity (Wildman–Crippen MR) is 149 cm³/mol. The van der Waals surface area contributed by atoms with Crippen molar-refractivity contribution in [3.8, 4) is 11.5 Å². The molecule has 1 N–H and O–H groups in total. The summed E-state index contributed by atoms with van der Waals surface area (Å²) in [7, 11) is -3.83. The zero-order valence-corrected chi connectivity index (χ0v) is 24.1. The molecule has 2 amide bonds. The van der Waals surface area contributed by atoms with Gasteiger partial charge in [0, 0.05) is 23.1 Å². The van der Waals surface area contributed by atoms with E-state index in [4.69, 9.17) is 9.47 Å². The molecule has 2 aromatic carbocycles. The van der Waals surface area contributed by atoms with Crippen molar-refractivity contribution in [2.75, 3.05) is 29.8 Å². The normalized spacial score (nSPS) is 16.1. The number of anilines is 1. The molecule has 1 fully saturated rings. The van der Waals surface area contributed by atoms with Crippen molar-refractivity contribution in [2.24, 2.45) is 0 Å². The van der Waals surface area contributed by atoms with Crippen LogP contribution in [0.25, 0.3) is 0 Å². The van der Waals surface area contributed by atoms with Crippen LogP contribution in [0.4, 0.5) is 5.69 Å². The van der Waals surface area contributed by atoms with Gasteiger partial charge in [-0.05, 0) is 56.5 Å². The van der Waals surface area contributed by atoms with Gasteiger partial charge < -0.3 is 19.7 Å². The molecule has 1 atom stereocenters. The first kappa shape index (κ1) is 28.2. The molecule has 1 saturated carbocycles. The van der Waals surface area contributed by atoms with Crippen molar-refractivity contribution in [1.82, 2.24) is 10.2 Å². The number of carbonyl (C=O) groups excluding carboxylic acids is 2. The number of hydrogen-bond donors (Lipinski definition) is 1. The molecule has 1 aliphatic heterocycles. The van der Waals surface area contributed by atoms with Gasteiger partial charge in [-0.3, -0.25) is 13.9 Å². The summed E-state index contributed by atoms with van der Waals surface area (Å²) in [5, 5.41) is 3.07. The second-order valence-electron chi connectivity index (χ2n) is 9.55. The molecule has 0 radical (unpaired) electrons. The molecular formula is C27H34BrN3O6S. The smallest absolute Gasteiger partial charge is 0.244 e. The molecule has 206 valence electrons. The number of carbonyl (C=O) groups is 2. The molecule has 11 heteroatoms. The van der Waals surface area contributed by atoms with E-state index >= 15 is 0 Å². The third-order valence-corrected chi connectivity index (χ3v) is 9.20. The summed E-state index contributed by atoms with van der Waals surface area (Å²) < 4.78 is 39.5. The third kappa shape index (κ3) is 6.79. The molecule has 0 bridgehead atoms. The highest BCUT2D eigenvalue weighted by atomic mass is 79.9. The molecule has 2 aromatic rings. The van der Waals surface area contributed by atoms with Gasteiger partial charge in [-0.1, -0.05) is 40.9 Å². The molecule has 0 aromatic heterocycles. The van der Waals surface area contributed by atoms with Gasteiger partial charge in [0.15, 0.2) is 11.5 Å². The van der Waals surface area contributed by atoms with Crippen molar-refractivity contribution in [3.63, 3.8) is 0 Å². The number of fused-ring (bicyclic) bond motifs is 1. The Morgan fingerprint density at radius 3 is 2.37 bits per heavy atom. The van der Waals surface area contributed by atoms with Crippen LogP contribution in [-0.4, -0.2) is 62.7 Å². The second-order valence-corrected chi connectivity index (χ2v) is 12.6. The minimum atomic E-state index is -3.83. The van der Waals surface area contributed by atoms with Gasteiger partial charge in [-0.25, -0.2) is 8.42 Å². The first-order valence-electron chi connectivity index (χ1n) is 12.9. The number of ether oxygens (including phenoxy) is 2. The minimum Gasteiger partial charge on any atom is -0.486 e. The molecule has 9 nitrogen and oxygen atoms in total. The van der Waals surface area contributed by atoms with Crippen LogP contribution in [-0.2, 0) is 26.2 Å². The molecule has 1 aliphatic carbocycles. The number of sulfonamides is 1. The van der Waals surface area contributed by atoms with Gasteiger partial charge in [0.25, 0.3) is 0 Å². The highest BCUT2D eigenvalue weighted by Gasteiger charge is 2.32. The number of nitrogens with zero attached hydrogens (tertiary/aromatic N) is 2. The highest BCUT2D eigenvalue weighted by Crippen LogP contribution is 2.35. The number of nitrogens with one attached hydrogen (secondary N) is 1. The maximum absolute atomic E-state index is 13.8. The minimum absolute atomic E-state index is 0.101. The Labute approximate surface area is 232 Å². The lowest BCUT2D eigenvalue weighted by Gasteiger charge is -2.32. The van der Waals surface area contributed by atoms with Crippen molar-refractivity contribution in [1.29, 1.82) is 0 Å². The van der Waals surface area contributed by atoms with E-state index < -0.39 is 28.5 Å². The van der Waals surface area contributed by atoms with Gasteiger partial charge >= 0.3 is 0 Å². The van der Waals surface area contributed by atoms with E-state index in [0.29, 0.717) is 30.4 Å². The van der Waals surface area contributed by atoms with Crippen LogP contribution in [0.3, 0.4) is 0 Å². The summed E-state index contributed by atoms with van der Waals surface area (Å²) in [6.45, 7) is 3.68. The summed E-state index contributed by atoms with van der Waals surface area (Å²) in [6, 6.07) is 11.6. The van der Waals surface area contributed by atoms with Crippen molar-refractivity contribution in [3.05, 3.63) is 52.5 Å². The first-order chi connectivity index (χ1) is 18.2. The fraction of sp³-hybridized carbons (Fsp3) is 0.481. The molecule has 0 unspecified atom stereocenters. The summed E-state index contributed by atoms with van der Waals surface area (Å²) in [5.74, 6) is 0.0300. The number of hydrogen-bond acceptors (Lipinski definition) is 6. The predicted octanol–water partition coefficient (Wildman–Crippen LogP) is 3.85. The van der Waals surface area contributed by atoms with E-state index in [1.807, 2.05) is 24.3 Å². The topological polar surface area (TPSA) is 105 Å². The number of benzene rings is 2. The van der Waals surface area contributed by atoms with E-state index in [1.165, 1.54) is 11.8 Å². The molecule has 0 spiro atoms. The number of amides is 2. The second kappa shape index (κ2) is 12.4. The Kier molecular flexibility index (Phi) is 9.19. The van der Waals surface area contributed by atoms with Gasteiger partial charge in [0.1, 0.15) is 25.8 Å². The van der Waals surface area contributed by atoms with E-state index in [2.05, 4.69) is 21.2 Å². The van der Waals surface area contributed by atoms with Gasteiger partial charge in [-0.2, -0.15) is 0 Å². The zero-order chi connectivity index (χ0) is 27.3. The van der Waals surface area contributed by atoms with Crippen molar-refractivity contribution in [2.45, 2.75) is 58.2 Å². The Hall–Kier alpha value is -2.79. The van der Waals surface area contributed by atoms with Crippen LogP contribution in [0.5, 0.6) is 11.5 Å². The van der Waals surface area contributed by atoms with Gasteiger partial charge in [0.05, 0.1) is 11.4 Å². The fourth-order valence-corrected chi connectivity index (χ4v) is 5.99. The molecule has 1 heterocycles. The third-order valence-electron chi connectivity index (χ3n) is 6.93. The zero-order valence-electron chi connectivity index (χ0n) is 21.7. The van der Waals surface area contributed by atoms with Crippen LogP contribution < -0.4 is 19.1 Å². The van der Waals surface area contributed by atoms with Crippen molar-refractivity contribution < 1.29 is 27.5 Å². The average molecular weight is 609 g/mol. The highest BCUT2D eigenvalue weighted by molar-refractivity contribution is 9.10. The van der Waals surface area contributed by atoms with Crippen molar-refractivity contribution >= 4 is 43.5 Å². The summed E-state index contributed by atoms with van der Waals surface area (Å²) in [4.78, 5) is 28.4. The molecule has 0 saturated heterocycles. The Balaban J connectivity index is 1.61. The van der Waals surface area contributed by atoms with E-state index in [0.717, 1.165) is 40.0 Å². The lowest BCUT2D eigenvalue weighted by atomic mass is 10.1. The summed E-state index contributed by atoms with van der Waals surface area (Å²) in [6.07, 6.45) is 3.98. The Bertz CT molecular complexity index is 1250. The standard InChI is InChI=1S/C27H34BrN3O6S/c1-3-38(34,35)31(23-12-13-24-25(16-23)37-15-14-36-24)18-26(32)30(17-20-8-10-21(28)11-9-20)19(2)27(33)29-22-6-4-5-7-22/h8-13,16,19,22H,3-7,14-15,17-18H2,1-2H3,(H,29,33)/t19-/m0/s1. The van der Waals surface area contributed by atoms with Crippen LogP contribution in [0.1, 0.15) is 45.1 Å². The first-order valence-corrected chi connectivity index (χ1v) is 15.3. The number of rotatable bonds is 10. The summed E-state index contributed by atoms with van der Waals surface area (Å²) >= 11 is 3.42. The molecular weight excluding hydrogens is 574 g/mol. The lowest BCUT2D eigenvalue weighted by Crippen LogP contribution is -2.52. The van der Waals surface area contributed by atoms with E-state index in [9.17, 15) is 18.0 Å². The van der Waals surface area contributed by atoms with Crippen LogP contribution in [0.15, 0.2) is 46.9 Å². The molecule has 2 aliphatic rings. The Morgan fingerprint density at radius 2 is 1.71 bits per heavy atom. The van der Waals surface area contributed by atoms with E-state index in [1.54, 1.807) is 25.1 Å². The maximum Gasteiger partial charge on any atom is 0.244 e. The SMILES string of the molecule is CCS(=O)(=O)N(CC(=O)N(Cc1ccc(Br)cc1)[C@@H](C)C(=O)NC1CCCC1)c1ccc2c(c1)OCCO2. The largest absolute Gasteiger partial charge is 0.486 e. The molecule has 4 rings (SSSR count). The fourth-order valence-electron chi connectivity index (χ4n) is 4.67. The quantitative estimate of drug-likeness (QED) is 0.440. The average Bonchev–Trinajstić information content (AvgIpc) is 3.43. The van der Waals surface area contributed by atoms with Crippen LogP contribution in [0, 0.1) is 0 Å². The van der Waals surface area contributed by atoms with Gasteiger partial charge in [-0.15, -0.1) is 0 Å². The van der Waals surface area contributed by atoms with Crippen LogP contribution >= 0.6 is 15.9 Å². The number of halogens is 1.